The van der Waals surface area contributed by atoms with Crippen LogP contribution >= 0.6 is 7.92 Å². The molecule has 0 radical (unpaired) electrons. The van der Waals surface area contributed by atoms with Gasteiger partial charge in [0.1, 0.15) is 0 Å². The Morgan fingerprint density at radius 3 is 1.95 bits per heavy atom. The summed E-state index contributed by atoms with van der Waals surface area (Å²) in [7, 11) is -0.750. The molecular formula is C16H26NOP. The topological polar surface area (TPSA) is 20.3 Å². The first-order valence-electron chi connectivity index (χ1n) is 6.99. The average molecular weight is 279 g/mol. The van der Waals surface area contributed by atoms with Crippen LogP contribution in [0.1, 0.15) is 27.7 Å². The fourth-order valence-electron chi connectivity index (χ4n) is 2.09. The smallest absolute Gasteiger partial charge is 0.247 e. The molecule has 1 rings (SSSR count). The molecule has 1 amide bonds. The third-order valence-corrected chi connectivity index (χ3v) is 4.80. The van der Waals surface area contributed by atoms with Crippen molar-refractivity contribution in [3.05, 3.63) is 30.3 Å². The zero-order valence-corrected chi connectivity index (χ0v) is 13.7. The quantitative estimate of drug-likeness (QED) is 0.716. The summed E-state index contributed by atoms with van der Waals surface area (Å²) < 4.78 is 0. The Morgan fingerprint density at radius 2 is 1.53 bits per heavy atom. The number of amides is 1. The van der Waals surface area contributed by atoms with E-state index in [0.29, 0.717) is 17.5 Å². The summed E-state index contributed by atoms with van der Waals surface area (Å²) in [5.74, 6) is 1.03. The molecule has 0 N–H and O–H groups in total. The summed E-state index contributed by atoms with van der Waals surface area (Å²) in [5, 5.41) is 1.17. The zero-order chi connectivity index (χ0) is 14.4. The predicted octanol–water partition coefficient (Wildman–Crippen LogP) is 4.16. The molecule has 0 spiro atoms. The van der Waals surface area contributed by atoms with Gasteiger partial charge in [-0.2, -0.15) is 0 Å². The number of benzene rings is 1. The second kappa shape index (κ2) is 7.65. The van der Waals surface area contributed by atoms with Crippen LogP contribution in [0.15, 0.2) is 30.3 Å². The van der Waals surface area contributed by atoms with Crippen LogP contribution in [0.4, 0.5) is 4.79 Å². The maximum atomic E-state index is 12.7. The van der Waals surface area contributed by atoms with E-state index in [9.17, 15) is 4.79 Å². The lowest BCUT2D eigenvalue weighted by molar-refractivity contribution is 0.207. The van der Waals surface area contributed by atoms with Crippen molar-refractivity contribution in [3.8, 4) is 0 Å². The molecule has 1 unspecified atom stereocenters. The largest absolute Gasteiger partial charge is 0.338 e. The maximum absolute atomic E-state index is 12.7. The molecule has 0 fully saturated rings. The van der Waals surface area contributed by atoms with Gasteiger partial charge in [-0.1, -0.05) is 58.0 Å². The van der Waals surface area contributed by atoms with E-state index in [1.165, 1.54) is 5.30 Å². The van der Waals surface area contributed by atoms with Crippen LogP contribution < -0.4 is 5.30 Å². The highest BCUT2D eigenvalue weighted by Crippen LogP contribution is 2.33. The van der Waals surface area contributed by atoms with Gasteiger partial charge in [0, 0.05) is 21.0 Å². The minimum absolute atomic E-state index is 0.309. The van der Waals surface area contributed by atoms with Crippen LogP contribution in [0.3, 0.4) is 0 Å². The Labute approximate surface area is 119 Å². The van der Waals surface area contributed by atoms with Gasteiger partial charge in [-0.3, -0.25) is 4.79 Å². The van der Waals surface area contributed by atoms with Gasteiger partial charge in [0.15, 0.2) is 0 Å². The van der Waals surface area contributed by atoms with Crippen LogP contribution in [-0.4, -0.2) is 30.3 Å². The molecule has 0 aromatic heterocycles. The van der Waals surface area contributed by atoms with Gasteiger partial charge < -0.3 is 4.90 Å². The number of carbonyl (C=O) groups excluding carboxylic acids is 1. The molecule has 0 aliphatic heterocycles. The van der Waals surface area contributed by atoms with Gasteiger partial charge in [0.05, 0.1) is 0 Å². The first-order chi connectivity index (χ1) is 8.91. The highest BCUT2D eigenvalue weighted by Gasteiger charge is 2.22. The number of nitrogens with zero attached hydrogens (tertiary/aromatic N) is 1. The molecule has 0 bridgehead atoms. The molecule has 0 heterocycles. The number of carbonyl (C=O) groups is 1. The van der Waals surface area contributed by atoms with Crippen molar-refractivity contribution in [2.24, 2.45) is 11.8 Å². The average Bonchev–Trinajstić information content (AvgIpc) is 2.36. The Hall–Kier alpha value is -0.880. The second-order valence-electron chi connectivity index (χ2n) is 5.87. The fourth-order valence-corrected chi connectivity index (χ4v) is 3.51. The van der Waals surface area contributed by atoms with Crippen LogP contribution in [0.5, 0.6) is 0 Å². The first kappa shape index (κ1) is 16.2. The molecule has 1 atom stereocenters. The normalized spacial score (nSPS) is 12.8. The van der Waals surface area contributed by atoms with Crippen LogP contribution in [-0.2, 0) is 0 Å². The standard InChI is InChI=1S/C16H26NOP/c1-13(2)11-17(12-14(3)4)16(18)19(5)15-9-7-6-8-10-15/h6-10,13-14H,11-12H2,1-5H3. The van der Waals surface area contributed by atoms with Crippen LogP contribution in [0.25, 0.3) is 0 Å². The van der Waals surface area contributed by atoms with Gasteiger partial charge in [-0.15, -0.1) is 0 Å². The molecule has 0 aliphatic carbocycles. The number of hydrogen-bond donors (Lipinski definition) is 0. The van der Waals surface area contributed by atoms with Crippen LogP contribution in [0.2, 0.25) is 0 Å². The summed E-state index contributed by atoms with van der Waals surface area (Å²) >= 11 is 0. The monoisotopic (exact) mass is 279 g/mol. The van der Waals surface area contributed by atoms with E-state index in [0.717, 1.165) is 13.1 Å². The van der Waals surface area contributed by atoms with E-state index >= 15 is 0 Å². The van der Waals surface area contributed by atoms with E-state index in [4.69, 9.17) is 0 Å². The zero-order valence-electron chi connectivity index (χ0n) is 12.8. The lowest BCUT2D eigenvalue weighted by Crippen LogP contribution is -2.36. The number of rotatable bonds is 6. The first-order valence-corrected chi connectivity index (χ1v) is 8.78. The second-order valence-corrected chi connectivity index (χ2v) is 7.89. The molecule has 1 aromatic rings. The third-order valence-electron chi connectivity index (χ3n) is 2.87. The summed E-state index contributed by atoms with van der Waals surface area (Å²) in [6.07, 6.45) is 0. The van der Waals surface area contributed by atoms with Crippen molar-refractivity contribution in [3.63, 3.8) is 0 Å². The van der Waals surface area contributed by atoms with Gasteiger partial charge in [-0.05, 0) is 23.8 Å². The molecule has 19 heavy (non-hydrogen) atoms. The summed E-state index contributed by atoms with van der Waals surface area (Å²) in [6, 6.07) is 10.1. The SMILES string of the molecule is CC(C)CN(CC(C)C)C(=O)P(C)c1ccccc1. The van der Waals surface area contributed by atoms with Crippen molar-refractivity contribution in [2.75, 3.05) is 19.8 Å². The Bertz CT molecular complexity index is 379. The molecule has 0 saturated heterocycles. The summed E-state index contributed by atoms with van der Waals surface area (Å²) in [5.41, 5.74) is 0.309. The Kier molecular flexibility index (Phi) is 6.51. The number of hydrogen-bond acceptors (Lipinski definition) is 1. The molecule has 2 nitrogen and oxygen atoms in total. The van der Waals surface area contributed by atoms with Crippen LogP contribution in [0, 0.1) is 11.8 Å². The van der Waals surface area contributed by atoms with Crippen molar-refractivity contribution in [2.45, 2.75) is 27.7 Å². The summed E-state index contributed by atoms with van der Waals surface area (Å²) in [4.78, 5) is 14.7. The lowest BCUT2D eigenvalue weighted by Gasteiger charge is -2.29. The maximum Gasteiger partial charge on any atom is 0.247 e. The predicted molar refractivity (Wildman–Crippen MR) is 85.6 cm³/mol. The van der Waals surface area contributed by atoms with E-state index in [1.54, 1.807) is 0 Å². The third kappa shape index (κ3) is 5.32. The van der Waals surface area contributed by atoms with E-state index in [-0.39, 0.29) is 0 Å². The molecule has 1 aromatic carbocycles. The Balaban J connectivity index is 2.80. The highest BCUT2D eigenvalue weighted by atomic mass is 31.1. The highest BCUT2D eigenvalue weighted by molar-refractivity contribution is 7.80. The molecular weight excluding hydrogens is 253 g/mol. The minimum Gasteiger partial charge on any atom is -0.338 e. The van der Waals surface area contributed by atoms with Gasteiger partial charge in [0.2, 0.25) is 5.65 Å². The van der Waals surface area contributed by atoms with Gasteiger partial charge >= 0.3 is 0 Å². The van der Waals surface area contributed by atoms with E-state index < -0.39 is 7.92 Å². The van der Waals surface area contributed by atoms with Gasteiger partial charge in [0.25, 0.3) is 0 Å². The molecule has 0 aliphatic rings. The Morgan fingerprint density at radius 1 is 1.05 bits per heavy atom. The van der Waals surface area contributed by atoms with Gasteiger partial charge in [-0.25, -0.2) is 0 Å². The van der Waals surface area contributed by atoms with Crippen molar-refractivity contribution in [1.29, 1.82) is 0 Å². The summed E-state index contributed by atoms with van der Waals surface area (Å²) in [6.45, 7) is 12.5. The van der Waals surface area contributed by atoms with E-state index in [2.05, 4.69) is 46.5 Å². The fraction of sp³-hybridized carbons (Fsp3) is 0.562. The van der Waals surface area contributed by atoms with E-state index in [1.807, 2.05) is 23.1 Å². The van der Waals surface area contributed by atoms with Crippen molar-refractivity contribution in [1.82, 2.24) is 4.90 Å². The molecule has 106 valence electrons. The van der Waals surface area contributed by atoms with Crippen molar-refractivity contribution < 1.29 is 4.79 Å². The molecule has 0 saturated carbocycles. The molecule has 3 heteroatoms. The minimum atomic E-state index is -0.750. The van der Waals surface area contributed by atoms with Crippen molar-refractivity contribution >= 4 is 18.9 Å². The lowest BCUT2D eigenvalue weighted by atomic mass is 10.1.